The molecule has 0 N–H and O–H groups in total. The summed E-state index contributed by atoms with van der Waals surface area (Å²) in [5, 5.41) is 2.77. The number of nitrogens with zero attached hydrogens (tertiary/aromatic N) is 1. The van der Waals surface area contributed by atoms with E-state index in [0.29, 0.717) is 0 Å². The molecule has 0 spiro atoms. The zero-order valence-electron chi connectivity index (χ0n) is 19.8. The fourth-order valence-corrected chi connectivity index (χ4v) is 7.88. The molecular formula is C28H38NSi+. The van der Waals surface area contributed by atoms with Crippen LogP contribution in [0.5, 0.6) is 0 Å². The van der Waals surface area contributed by atoms with Crippen molar-refractivity contribution >= 4 is 18.8 Å². The Hall–Kier alpha value is -1.93. The Kier molecular flexibility index (Phi) is 5.90. The first kappa shape index (κ1) is 21.3. The summed E-state index contributed by atoms with van der Waals surface area (Å²) >= 11 is 0. The Bertz CT molecular complexity index is 1070. The summed E-state index contributed by atoms with van der Waals surface area (Å²) < 4.78 is 2.32. The van der Waals surface area contributed by atoms with Crippen LogP contribution in [0.2, 0.25) is 25.2 Å². The van der Waals surface area contributed by atoms with Crippen molar-refractivity contribution in [1.82, 2.24) is 0 Å². The second-order valence-electron chi connectivity index (χ2n) is 10.2. The van der Waals surface area contributed by atoms with Gasteiger partial charge in [-0.3, -0.25) is 0 Å². The molecule has 0 aliphatic carbocycles. The lowest BCUT2D eigenvalue weighted by Gasteiger charge is -2.33. The Morgan fingerprint density at radius 3 is 2.37 bits per heavy atom. The van der Waals surface area contributed by atoms with Gasteiger partial charge in [0.25, 0.3) is 0 Å². The molecule has 1 aliphatic rings. The molecule has 2 heterocycles. The SMILES string of the molecule is CCc1cc(CC)c(C)c(-c2c3ccc(C4CC[Si](C)(C)CC4)cc3cc[n+]2C)c1. The number of fused-ring (bicyclic) bond motifs is 1. The van der Waals surface area contributed by atoms with Crippen LogP contribution in [0, 0.1) is 6.92 Å². The zero-order chi connectivity index (χ0) is 21.5. The third-order valence-corrected chi connectivity index (χ3v) is 10.9. The van der Waals surface area contributed by atoms with Gasteiger partial charge in [-0.2, -0.15) is 0 Å². The van der Waals surface area contributed by atoms with Crippen LogP contribution in [-0.4, -0.2) is 8.07 Å². The monoisotopic (exact) mass is 416 g/mol. The molecule has 1 nitrogen and oxygen atoms in total. The highest BCUT2D eigenvalue weighted by atomic mass is 28.3. The van der Waals surface area contributed by atoms with Crippen LogP contribution in [0.1, 0.15) is 54.9 Å². The standard InChI is InChI=1S/C28H38NSi/c1-7-21-17-22(8-2)20(3)27(18-21)28-26-10-9-24(19-25(26)11-14-29(28)4)23-12-15-30(5,6)16-13-23/h9-11,14,17-19,23H,7-8,12-13,15-16H2,1-6H3/q+1. The molecule has 2 aromatic carbocycles. The summed E-state index contributed by atoms with van der Waals surface area (Å²) in [6.45, 7) is 12.0. The summed E-state index contributed by atoms with van der Waals surface area (Å²) in [6.07, 6.45) is 7.19. The van der Waals surface area contributed by atoms with Gasteiger partial charge >= 0.3 is 0 Å². The Labute approximate surface area is 184 Å². The first-order valence-electron chi connectivity index (χ1n) is 11.9. The number of pyridine rings is 1. The molecule has 1 aromatic heterocycles. The van der Waals surface area contributed by atoms with Crippen LogP contribution in [0.4, 0.5) is 0 Å². The zero-order valence-corrected chi connectivity index (χ0v) is 20.8. The van der Waals surface area contributed by atoms with Crippen molar-refractivity contribution in [2.75, 3.05) is 0 Å². The number of benzene rings is 2. The predicted octanol–water partition coefficient (Wildman–Crippen LogP) is 7.35. The maximum absolute atomic E-state index is 2.56. The van der Waals surface area contributed by atoms with Crippen LogP contribution >= 0.6 is 0 Å². The van der Waals surface area contributed by atoms with E-state index in [0.717, 1.165) is 18.8 Å². The van der Waals surface area contributed by atoms with Gasteiger partial charge in [0.05, 0.1) is 10.9 Å². The summed E-state index contributed by atoms with van der Waals surface area (Å²) in [7, 11) is 1.29. The average Bonchev–Trinajstić information content (AvgIpc) is 2.74. The van der Waals surface area contributed by atoms with Crippen LogP contribution < -0.4 is 4.57 Å². The molecule has 1 aliphatic heterocycles. The normalized spacial score (nSPS) is 16.9. The van der Waals surface area contributed by atoms with Crippen molar-refractivity contribution in [3.05, 3.63) is 64.8 Å². The third kappa shape index (κ3) is 3.99. The lowest BCUT2D eigenvalue weighted by Crippen LogP contribution is -2.31. The third-order valence-electron chi connectivity index (χ3n) is 7.59. The van der Waals surface area contributed by atoms with Gasteiger partial charge in [-0.15, -0.1) is 0 Å². The van der Waals surface area contributed by atoms with Crippen LogP contribution in [-0.2, 0) is 19.9 Å². The highest BCUT2D eigenvalue weighted by molar-refractivity contribution is 6.77. The molecule has 3 aromatic rings. The van der Waals surface area contributed by atoms with E-state index in [1.165, 1.54) is 63.7 Å². The molecule has 30 heavy (non-hydrogen) atoms. The lowest BCUT2D eigenvalue weighted by molar-refractivity contribution is -0.659. The number of aromatic nitrogens is 1. The Morgan fingerprint density at radius 1 is 0.967 bits per heavy atom. The lowest BCUT2D eigenvalue weighted by atomic mass is 9.89. The van der Waals surface area contributed by atoms with Gasteiger partial charge < -0.3 is 0 Å². The smallest absolute Gasteiger partial charge is 0.200 e. The maximum Gasteiger partial charge on any atom is 0.220 e. The molecule has 4 rings (SSSR count). The highest BCUT2D eigenvalue weighted by Crippen LogP contribution is 2.40. The minimum atomic E-state index is -0.907. The topological polar surface area (TPSA) is 3.88 Å². The van der Waals surface area contributed by atoms with Gasteiger partial charge in [-0.25, -0.2) is 4.57 Å². The van der Waals surface area contributed by atoms with Crippen LogP contribution in [0.15, 0.2) is 42.6 Å². The number of rotatable bonds is 4. The number of hydrogen-bond acceptors (Lipinski definition) is 0. The van der Waals surface area contributed by atoms with Gasteiger partial charge in [0.1, 0.15) is 7.05 Å². The summed E-state index contributed by atoms with van der Waals surface area (Å²) in [5.74, 6) is 0.754. The molecule has 0 unspecified atom stereocenters. The molecule has 158 valence electrons. The molecule has 0 bridgehead atoms. The minimum Gasteiger partial charge on any atom is -0.200 e. The van der Waals surface area contributed by atoms with Gasteiger partial charge in [0.2, 0.25) is 5.69 Å². The average molecular weight is 417 g/mol. The van der Waals surface area contributed by atoms with Crippen molar-refractivity contribution < 1.29 is 4.57 Å². The molecule has 2 heteroatoms. The second kappa shape index (κ2) is 8.30. The molecule has 0 radical (unpaired) electrons. The Balaban J connectivity index is 1.82. The summed E-state index contributed by atoms with van der Waals surface area (Å²) in [4.78, 5) is 0. The van der Waals surface area contributed by atoms with E-state index in [1.807, 2.05) is 0 Å². The van der Waals surface area contributed by atoms with Crippen LogP contribution in [0.25, 0.3) is 22.0 Å². The van der Waals surface area contributed by atoms with Crippen molar-refractivity contribution in [2.24, 2.45) is 7.05 Å². The molecular weight excluding hydrogens is 378 g/mol. The van der Waals surface area contributed by atoms with Gasteiger partial charge in [-0.1, -0.05) is 57.2 Å². The molecule has 1 fully saturated rings. The predicted molar refractivity (Wildman–Crippen MR) is 133 cm³/mol. The largest absolute Gasteiger partial charge is 0.220 e. The quantitative estimate of drug-likeness (QED) is 0.309. The number of aryl methyl sites for hydroxylation is 3. The molecule has 0 saturated carbocycles. The summed E-state index contributed by atoms with van der Waals surface area (Å²) in [6, 6.07) is 17.4. The maximum atomic E-state index is 2.56. The summed E-state index contributed by atoms with van der Waals surface area (Å²) in [5.41, 5.74) is 8.67. The van der Waals surface area contributed by atoms with Gasteiger partial charge in [0.15, 0.2) is 6.20 Å². The van der Waals surface area contributed by atoms with Crippen molar-refractivity contribution in [2.45, 2.75) is 77.6 Å². The second-order valence-corrected chi connectivity index (χ2v) is 15.5. The Morgan fingerprint density at radius 2 is 1.70 bits per heavy atom. The van der Waals surface area contributed by atoms with Gasteiger partial charge in [0, 0.05) is 14.1 Å². The first-order valence-corrected chi connectivity index (χ1v) is 15.3. The fourth-order valence-electron chi connectivity index (χ4n) is 5.37. The van der Waals surface area contributed by atoms with Crippen LogP contribution in [0.3, 0.4) is 0 Å². The van der Waals surface area contributed by atoms with Gasteiger partial charge in [-0.05, 0) is 78.3 Å². The van der Waals surface area contributed by atoms with E-state index >= 15 is 0 Å². The van der Waals surface area contributed by atoms with Crippen molar-refractivity contribution in [3.8, 4) is 11.3 Å². The van der Waals surface area contributed by atoms with E-state index in [-0.39, 0.29) is 0 Å². The van der Waals surface area contributed by atoms with E-state index in [9.17, 15) is 0 Å². The number of hydrogen-bond donors (Lipinski definition) is 0. The fraction of sp³-hybridized carbons (Fsp3) is 0.464. The van der Waals surface area contributed by atoms with E-state index in [2.05, 4.69) is 88.1 Å². The van der Waals surface area contributed by atoms with E-state index < -0.39 is 8.07 Å². The minimum absolute atomic E-state index is 0.754. The molecule has 1 saturated heterocycles. The molecule has 0 atom stereocenters. The van der Waals surface area contributed by atoms with E-state index in [4.69, 9.17) is 0 Å². The molecule has 0 amide bonds. The highest BCUT2D eigenvalue weighted by Gasteiger charge is 2.29. The van der Waals surface area contributed by atoms with Crippen molar-refractivity contribution in [1.29, 1.82) is 0 Å². The van der Waals surface area contributed by atoms with Crippen molar-refractivity contribution in [3.63, 3.8) is 0 Å². The first-order chi connectivity index (χ1) is 14.3. The van der Waals surface area contributed by atoms with E-state index in [1.54, 1.807) is 5.56 Å².